The van der Waals surface area contributed by atoms with E-state index in [4.69, 9.17) is 9.47 Å². The van der Waals surface area contributed by atoms with Crippen molar-refractivity contribution >= 4 is 59.7 Å². The number of anilines is 1. The molecule has 2 aromatic heterocycles. The number of hydrogen-bond donors (Lipinski definition) is 1. The first-order valence-corrected chi connectivity index (χ1v) is 9.80. The van der Waals surface area contributed by atoms with Crippen LogP contribution >= 0.6 is 22.7 Å². The average Bonchev–Trinajstić information content (AvgIpc) is 3.24. The van der Waals surface area contributed by atoms with E-state index >= 15 is 0 Å². The third-order valence-electron chi connectivity index (χ3n) is 3.97. The normalized spacial score (nSPS) is 10.9. The van der Waals surface area contributed by atoms with Gasteiger partial charge in [-0.25, -0.2) is 4.79 Å². The molecule has 0 saturated heterocycles. The zero-order valence-corrected chi connectivity index (χ0v) is 16.0. The van der Waals surface area contributed by atoms with Gasteiger partial charge in [0.25, 0.3) is 5.91 Å². The molecule has 5 nitrogen and oxygen atoms in total. The van der Waals surface area contributed by atoms with Gasteiger partial charge in [0.05, 0.1) is 17.5 Å². The maximum Gasteiger partial charge on any atom is 0.348 e. The minimum atomic E-state index is -0.498. The number of methoxy groups -OCH3 is 1. The smallest absolute Gasteiger partial charge is 0.348 e. The van der Waals surface area contributed by atoms with Crippen LogP contribution in [-0.2, 0) is 9.53 Å². The first kappa shape index (κ1) is 17.5. The zero-order chi connectivity index (χ0) is 18.8. The van der Waals surface area contributed by atoms with Gasteiger partial charge in [-0.2, -0.15) is 0 Å². The van der Waals surface area contributed by atoms with Crippen LogP contribution in [0.2, 0.25) is 0 Å². The number of benzene rings is 2. The molecule has 2 heterocycles. The molecule has 136 valence electrons. The highest BCUT2D eigenvalue weighted by molar-refractivity contribution is 7.33. The molecule has 0 aliphatic carbocycles. The molecule has 27 heavy (non-hydrogen) atoms. The third-order valence-corrected chi connectivity index (χ3v) is 6.36. The van der Waals surface area contributed by atoms with Crippen LogP contribution < -0.4 is 10.1 Å². The maximum atomic E-state index is 12.3. The van der Waals surface area contributed by atoms with E-state index in [0.717, 1.165) is 14.8 Å². The van der Waals surface area contributed by atoms with Crippen molar-refractivity contribution in [3.63, 3.8) is 0 Å². The molecule has 4 aromatic rings. The van der Waals surface area contributed by atoms with Crippen LogP contribution in [0, 0.1) is 0 Å². The molecule has 1 N–H and O–H groups in total. The van der Waals surface area contributed by atoms with Crippen LogP contribution in [0.4, 0.5) is 5.69 Å². The predicted molar refractivity (Wildman–Crippen MR) is 109 cm³/mol. The fourth-order valence-electron chi connectivity index (χ4n) is 2.74. The van der Waals surface area contributed by atoms with E-state index < -0.39 is 11.9 Å². The van der Waals surface area contributed by atoms with E-state index in [9.17, 15) is 9.59 Å². The van der Waals surface area contributed by atoms with Gasteiger partial charge in [-0.05, 0) is 24.3 Å². The lowest BCUT2D eigenvalue weighted by molar-refractivity contribution is -0.119. The minimum absolute atomic E-state index is 0.358. The van der Waals surface area contributed by atoms with E-state index in [1.807, 2.05) is 24.3 Å². The second-order valence-corrected chi connectivity index (χ2v) is 7.86. The van der Waals surface area contributed by atoms with E-state index in [-0.39, 0.29) is 6.61 Å². The quantitative estimate of drug-likeness (QED) is 0.486. The van der Waals surface area contributed by atoms with Crippen LogP contribution in [0.3, 0.4) is 0 Å². The van der Waals surface area contributed by atoms with Gasteiger partial charge in [0.1, 0.15) is 10.6 Å². The Morgan fingerprint density at radius 3 is 2.63 bits per heavy atom. The Morgan fingerprint density at radius 2 is 1.78 bits per heavy atom. The lowest BCUT2D eigenvalue weighted by atomic mass is 10.2. The number of fused-ring (bicyclic) bond motifs is 3. The van der Waals surface area contributed by atoms with Crippen molar-refractivity contribution < 1.29 is 19.1 Å². The van der Waals surface area contributed by atoms with E-state index in [0.29, 0.717) is 16.3 Å². The molecule has 0 atom stereocenters. The van der Waals surface area contributed by atoms with Gasteiger partial charge in [0.2, 0.25) is 0 Å². The summed E-state index contributed by atoms with van der Waals surface area (Å²) in [5, 5.41) is 3.81. The number of carbonyl (C=O) groups is 2. The summed E-state index contributed by atoms with van der Waals surface area (Å²) in [6.45, 7) is -0.358. The summed E-state index contributed by atoms with van der Waals surface area (Å²) in [6.07, 6.45) is 0. The lowest BCUT2D eigenvalue weighted by Gasteiger charge is -2.09. The van der Waals surface area contributed by atoms with Crippen LogP contribution in [0.25, 0.3) is 19.5 Å². The van der Waals surface area contributed by atoms with Gasteiger partial charge < -0.3 is 14.8 Å². The summed E-state index contributed by atoms with van der Waals surface area (Å²) >= 11 is 3.03. The molecule has 0 spiro atoms. The van der Waals surface area contributed by atoms with Gasteiger partial charge in [0, 0.05) is 14.8 Å². The number of para-hydroxylation sites is 2. The minimum Gasteiger partial charge on any atom is -0.495 e. The SMILES string of the molecule is COc1ccccc1NC(=O)COC(=O)c1cc2sc3ccccc3c2s1. The molecule has 0 saturated carbocycles. The number of hydrogen-bond acceptors (Lipinski definition) is 6. The van der Waals surface area contributed by atoms with Crippen molar-refractivity contribution in [2.24, 2.45) is 0 Å². The first-order valence-electron chi connectivity index (χ1n) is 8.17. The van der Waals surface area contributed by atoms with E-state index in [1.165, 1.54) is 23.1 Å². The molecule has 0 aliphatic rings. The average molecular weight is 397 g/mol. The first-order chi connectivity index (χ1) is 13.2. The Hall–Kier alpha value is -2.90. The van der Waals surface area contributed by atoms with Gasteiger partial charge in [-0.3, -0.25) is 4.79 Å². The van der Waals surface area contributed by atoms with Crippen molar-refractivity contribution in [2.75, 3.05) is 19.0 Å². The lowest BCUT2D eigenvalue weighted by Crippen LogP contribution is -2.20. The predicted octanol–water partition coefficient (Wildman–Crippen LogP) is 4.92. The summed E-state index contributed by atoms with van der Waals surface area (Å²) in [5.74, 6) is -0.373. The number of nitrogens with one attached hydrogen (secondary N) is 1. The summed E-state index contributed by atoms with van der Waals surface area (Å²) in [6, 6.07) is 17.0. The number of carbonyl (C=O) groups excluding carboxylic acids is 2. The fraction of sp³-hybridized carbons (Fsp3) is 0.100. The number of thiophene rings is 2. The van der Waals surface area contributed by atoms with Crippen LogP contribution in [0.15, 0.2) is 54.6 Å². The third kappa shape index (κ3) is 3.51. The second-order valence-electron chi connectivity index (χ2n) is 5.73. The van der Waals surface area contributed by atoms with Crippen molar-refractivity contribution in [3.05, 3.63) is 59.5 Å². The van der Waals surface area contributed by atoms with Crippen LogP contribution in [-0.4, -0.2) is 25.6 Å². The summed E-state index contributed by atoms with van der Waals surface area (Å²) in [4.78, 5) is 24.9. The van der Waals surface area contributed by atoms with Gasteiger partial charge in [0.15, 0.2) is 6.61 Å². The Morgan fingerprint density at radius 1 is 1.00 bits per heavy atom. The Bertz CT molecular complexity index is 1150. The molecule has 0 fully saturated rings. The molecule has 0 bridgehead atoms. The highest BCUT2D eigenvalue weighted by Gasteiger charge is 2.17. The van der Waals surface area contributed by atoms with Crippen molar-refractivity contribution in [2.45, 2.75) is 0 Å². The number of ether oxygens (including phenoxy) is 2. The summed E-state index contributed by atoms with van der Waals surface area (Å²) in [5.41, 5.74) is 0.532. The Labute approximate surface area is 163 Å². The summed E-state index contributed by atoms with van der Waals surface area (Å²) in [7, 11) is 1.52. The van der Waals surface area contributed by atoms with Crippen molar-refractivity contribution in [3.8, 4) is 5.75 Å². The highest BCUT2D eigenvalue weighted by Crippen LogP contribution is 2.39. The molecule has 1 amide bonds. The van der Waals surface area contributed by atoms with Gasteiger partial charge >= 0.3 is 5.97 Å². The van der Waals surface area contributed by atoms with Crippen molar-refractivity contribution in [1.29, 1.82) is 0 Å². The van der Waals surface area contributed by atoms with E-state index in [2.05, 4.69) is 11.4 Å². The molecule has 4 rings (SSSR count). The largest absolute Gasteiger partial charge is 0.495 e. The zero-order valence-electron chi connectivity index (χ0n) is 14.4. The molecule has 0 aliphatic heterocycles. The van der Waals surface area contributed by atoms with E-state index in [1.54, 1.807) is 35.6 Å². The molecular formula is C20H15NO4S2. The second kappa shape index (κ2) is 7.38. The molecule has 7 heteroatoms. The molecule has 0 unspecified atom stereocenters. The van der Waals surface area contributed by atoms with Crippen LogP contribution in [0.5, 0.6) is 5.75 Å². The Kier molecular flexibility index (Phi) is 4.79. The van der Waals surface area contributed by atoms with Crippen molar-refractivity contribution in [1.82, 2.24) is 0 Å². The van der Waals surface area contributed by atoms with Crippen LogP contribution in [0.1, 0.15) is 9.67 Å². The molecule has 2 aromatic carbocycles. The number of rotatable bonds is 5. The number of esters is 1. The summed E-state index contributed by atoms with van der Waals surface area (Å²) < 4.78 is 13.7. The molecular weight excluding hydrogens is 382 g/mol. The van der Waals surface area contributed by atoms with Gasteiger partial charge in [-0.1, -0.05) is 30.3 Å². The monoisotopic (exact) mass is 397 g/mol. The standard InChI is InChI=1S/C20H15NO4S2/c1-24-14-8-4-3-7-13(14)21-18(22)11-25-20(23)17-10-16-19(27-17)12-6-2-5-9-15(12)26-16/h2-10H,11H2,1H3,(H,21,22). The highest BCUT2D eigenvalue weighted by atomic mass is 32.1. The fourth-order valence-corrected chi connectivity index (χ4v) is 5.16. The Balaban J connectivity index is 1.43. The maximum absolute atomic E-state index is 12.3. The number of amides is 1. The van der Waals surface area contributed by atoms with Gasteiger partial charge in [-0.15, -0.1) is 22.7 Å². The molecule has 0 radical (unpaired) electrons. The topological polar surface area (TPSA) is 64.6 Å².